The lowest BCUT2D eigenvalue weighted by Crippen LogP contribution is -2.48. The molecule has 0 aromatic rings. The van der Waals surface area contributed by atoms with Crippen molar-refractivity contribution in [3.63, 3.8) is 0 Å². The summed E-state index contributed by atoms with van der Waals surface area (Å²) in [7, 11) is 0. The fourth-order valence-corrected chi connectivity index (χ4v) is 17.1. The van der Waals surface area contributed by atoms with E-state index in [1.807, 2.05) is 0 Å². The van der Waals surface area contributed by atoms with E-state index in [9.17, 15) is 92.0 Å². The molecule has 0 saturated heterocycles. The number of aliphatic carboxylic acids is 5. The number of carbonyl (C=O) groups excluding carboxylic acids is 11. The van der Waals surface area contributed by atoms with Gasteiger partial charge in [0.1, 0.15) is 50.6 Å². The highest BCUT2D eigenvalue weighted by atomic mass is 32.1. The molecule has 4 atom stereocenters. The Kier molecular flexibility index (Phi) is 84.0. The fraction of sp³-hybridized carbons (Fsp3) is 0.843. The molecule has 0 unspecified atom stereocenters. The zero-order valence-corrected chi connectivity index (χ0v) is 87.1. The molecule has 2 saturated carbocycles. The zero-order valence-electron chi connectivity index (χ0n) is 86.3. The molecule has 0 aliphatic heterocycles. The van der Waals surface area contributed by atoms with Gasteiger partial charge in [-0.3, -0.25) is 71.8 Å². The molecule has 11 amide bonds. The maximum absolute atomic E-state index is 13.3. The molecule has 144 heavy (non-hydrogen) atoms. The van der Waals surface area contributed by atoms with E-state index in [1.165, 1.54) is 128 Å². The molecule has 2 fully saturated rings. The van der Waals surface area contributed by atoms with Crippen LogP contribution in [0.15, 0.2) is 0 Å². The van der Waals surface area contributed by atoms with E-state index in [-0.39, 0.29) is 249 Å². The van der Waals surface area contributed by atoms with Crippen molar-refractivity contribution < 1.29 is 140 Å². The number of carboxylic acid groups (broad SMARTS) is 5. The molecule has 41 nitrogen and oxygen atoms in total. The molecule has 0 radical (unpaired) electrons. The molecule has 0 heterocycles. The Bertz CT molecular complexity index is 3470. The van der Waals surface area contributed by atoms with Gasteiger partial charge in [-0.1, -0.05) is 193 Å². The van der Waals surface area contributed by atoms with E-state index in [0.717, 1.165) is 103 Å². The second kappa shape index (κ2) is 91.9. The fourth-order valence-electron chi connectivity index (χ4n) is 16.8. The summed E-state index contributed by atoms with van der Waals surface area (Å²) in [5.41, 5.74) is 0. The topological polar surface area (TPSA) is 592 Å². The maximum atomic E-state index is 13.3. The van der Waals surface area contributed by atoms with Crippen LogP contribution in [-0.4, -0.2) is 303 Å². The summed E-state index contributed by atoms with van der Waals surface area (Å²) in [6, 6.07) is -4.29. The third-order valence-electron chi connectivity index (χ3n) is 25.5. The van der Waals surface area contributed by atoms with Crippen LogP contribution in [0.5, 0.6) is 0 Å². The first-order chi connectivity index (χ1) is 69.8. The quantitative estimate of drug-likeness (QED) is 0.0199. The van der Waals surface area contributed by atoms with Gasteiger partial charge < -0.3 is 122 Å². The first-order valence-corrected chi connectivity index (χ1v) is 54.4. The number of rotatable bonds is 100. The van der Waals surface area contributed by atoms with Gasteiger partial charge >= 0.3 is 29.8 Å². The predicted octanol–water partition coefficient (Wildman–Crippen LogP) is 9.29. The second-order valence-corrected chi connectivity index (χ2v) is 38.1. The predicted molar refractivity (Wildman–Crippen MR) is 544 cm³/mol. The summed E-state index contributed by atoms with van der Waals surface area (Å²) in [5, 5.41) is 76.6. The van der Waals surface area contributed by atoms with Crippen molar-refractivity contribution in [1.82, 2.24) is 63.2 Å². The van der Waals surface area contributed by atoms with Gasteiger partial charge in [0.15, 0.2) is 0 Å². The molecule has 42 heteroatoms. The summed E-state index contributed by atoms with van der Waals surface area (Å²) >= 11 is 3.86. The van der Waals surface area contributed by atoms with Gasteiger partial charge in [-0.05, 0) is 140 Å². The van der Waals surface area contributed by atoms with Gasteiger partial charge in [0.2, 0.25) is 65.0 Å². The molecule has 0 spiro atoms. The minimum atomic E-state index is -1.24. The lowest BCUT2D eigenvalue weighted by Gasteiger charge is -2.28. The van der Waals surface area contributed by atoms with Crippen LogP contribution >= 0.6 is 12.8 Å². The first kappa shape index (κ1) is 132. The maximum Gasteiger partial charge on any atom is 0.326 e. The van der Waals surface area contributed by atoms with Crippen molar-refractivity contribution in [1.29, 1.82) is 0 Å². The van der Waals surface area contributed by atoms with Gasteiger partial charge in [0, 0.05) is 103 Å². The average molecular weight is 2070 g/mol. The van der Waals surface area contributed by atoms with Crippen LogP contribution in [0.2, 0.25) is 0 Å². The summed E-state index contributed by atoms with van der Waals surface area (Å²) < 4.78 is 45.9. The van der Waals surface area contributed by atoms with E-state index in [4.69, 9.17) is 48.1 Å². The van der Waals surface area contributed by atoms with E-state index >= 15 is 0 Å². The van der Waals surface area contributed by atoms with Crippen LogP contribution in [0.3, 0.4) is 0 Å². The Balaban J connectivity index is 1.46. The molecule has 2 aliphatic rings. The number of hydrogen-bond donors (Lipinski definition) is 18. The van der Waals surface area contributed by atoms with Crippen LogP contribution in [0.25, 0.3) is 0 Å². The minimum Gasteiger partial charge on any atom is -0.481 e. The Morgan fingerprint density at radius 1 is 0.229 bits per heavy atom. The number of amides is 11. The number of carboxylic acids is 5. The summed E-state index contributed by atoms with van der Waals surface area (Å²) in [4.78, 5) is 196. The number of ether oxygens (including phenoxy) is 8. The van der Waals surface area contributed by atoms with Gasteiger partial charge in [-0.25, -0.2) is 9.59 Å². The molecule has 2 rings (SSSR count). The smallest absolute Gasteiger partial charge is 0.326 e. The SMILES string of the molecule is O=C(O)CCCCCCCCCCCCCCCCCCC(=O)NCC1CCC(C(=O)N[C@@H](CCC(=O)NCCOCCOCC(=O)NCCOCCOCC(=O)NCCCC[C@H](NC(=O)COCCOCCNC(=O)COCCOCCNC(=O)CC[C@H](NC(=O)C2CCC(CNC(=O)CCCCCCCCCCCCCCCCCCC(=O)O)CC2)C(=O)O)C(=O)NCCCC[C@H](NS)C(=O)O)C(=O)O)CC1. The van der Waals surface area contributed by atoms with E-state index < -0.39 is 90.2 Å². The standard InChI is InChI=1S/C102H182N12O29S/c115-87(39-29-25-21-17-13-9-5-1-3-7-11-15-19-23-27-31-41-95(123)124)109-73-79-43-47-81(48-44-79)97(127)112-84(100(130)131)51-53-89(117)104-57-61-136-65-70-141-76-92(120)106-59-63-138-67-69-140-75-91(119)103-55-35-33-37-83(99(129)108-56-36-34-38-86(114-144)102(134)135)111-94(122)78-143-72-68-139-64-60-107-93(121)77-142-71-66-137-62-58-105-90(118)54-52-85(101(132)133)113-98(128)82-49-45-80(46-50-82)74-110-88(116)40-30-26-22-18-14-10-6-2-4-8-12-16-20-24-28-32-42-96(125)126/h79-86,114,144H,1-78H2,(H,103,119)(H,104,117)(H,105,118)(H,106,120)(H,107,121)(H,108,129)(H,109,115)(H,110,116)(H,111,122)(H,112,127)(H,113,128)(H,123,124)(H,125,126)(H,130,131)(H,132,133)(H,134,135)/t79?,80?,81?,82?,83-,84-,85-,86-/m0/s1. The molecule has 0 bridgehead atoms. The minimum absolute atomic E-state index is 0.0147. The van der Waals surface area contributed by atoms with E-state index in [2.05, 4.69) is 76.0 Å². The van der Waals surface area contributed by atoms with Gasteiger partial charge in [0.25, 0.3) is 0 Å². The Morgan fingerprint density at radius 2 is 0.486 bits per heavy atom. The highest BCUT2D eigenvalue weighted by Crippen LogP contribution is 2.31. The molecular weight excluding hydrogens is 1890 g/mol. The van der Waals surface area contributed by atoms with Crippen molar-refractivity contribution in [2.24, 2.45) is 23.7 Å². The molecular formula is C102H182N12O29S. The number of hydrogen-bond acceptors (Lipinski definition) is 26. The Labute approximate surface area is 859 Å². The summed E-state index contributed by atoms with van der Waals surface area (Å²) in [6.45, 7) is 2.35. The third-order valence-corrected chi connectivity index (χ3v) is 25.8. The normalized spacial score (nSPS) is 15.3. The zero-order chi connectivity index (χ0) is 105. The number of thiol groups is 1. The van der Waals surface area contributed by atoms with Crippen molar-refractivity contribution in [3.8, 4) is 0 Å². The lowest BCUT2D eigenvalue weighted by atomic mass is 9.81. The van der Waals surface area contributed by atoms with Gasteiger partial charge in [0.05, 0.1) is 79.3 Å². The monoisotopic (exact) mass is 2070 g/mol. The summed E-state index contributed by atoms with van der Waals surface area (Å²) in [6.07, 6.45) is 45.5. The van der Waals surface area contributed by atoms with E-state index in [0.29, 0.717) is 77.3 Å². The van der Waals surface area contributed by atoms with E-state index in [1.54, 1.807) is 0 Å². The molecule has 0 aromatic heterocycles. The second-order valence-electron chi connectivity index (χ2n) is 37.9. The van der Waals surface area contributed by atoms with Gasteiger partial charge in [-0.15, -0.1) is 0 Å². The first-order valence-electron chi connectivity index (χ1n) is 53.9. The highest BCUT2D eigenvalue weighted by molar-refractivity contribution is 7.78. The van der Waals surface area contributed by atoms with Crippen LogP contribution < -0.4 is 63.2 Å². The molecule has 2 aliphatic carbocycles. The van der Waals surface area contributed by atoms with Crippen molar-refractivity contribution in [3.05, 3.63) is 0 Å². The largest absolute Gasteiger partial charge is 0.481 e. The van der Waals surface area contributed by atoms with Crippen molar-refractivity contribution in [2.45, 2.75) is 371 Å². The van der Waals surface area contributed by atoms with Crippen LogP contribution in [0.1, 0.15) is 347 Å². The summed E-state index contributed by atoms with van der Waals surface area (Å²) in [5.74, 6) is -8.80. The Hall–Kier alpha value is -8.49. The number of nitrogens with one attached hydrogen (secondary N) is 12. The van der Waals surface area contributed by atoms with Crippen LogP contribution in [0.4, 0.5) is 0 Å². The van der Waals surface area contributed by atoms with Crippen LogP contribution in [-0.2, 0) is 115 Å². The number of carbonyl (C=O) groups is 16. The molecule has 17 N–H and O–H groups in total. The third kappa shape index (κ3) is 79.7. The van der Waals surface area contributed by atoms with Gasteiger partial charge in [-0.2, -0.15) is 0 Å². The van der Waals surface area contributed by atoms with Crippen molar-refractivity contribution >= 4 is 108 Å². The Morgan fingerprint density at radius 3 is 0.785 bits per heavy atom. The molecule has 0 aromatic carbocycles. The molecule has 830 valence electrons. The van der Waals surface area contributed by atoms with Crippen LogP contribution in [0, 0.1) is 23.7 Å². The number of unbranched alkanes of at least 4 members (excludes halogenated alkanes) is 32. The average Bonchev–Trinajstić information content (AvgIpc) is 0.871. The van der Waals surface area contributed by atoms with Crippen molar-refractivity contribution in [2.75, 3.05) is 158 Å². The highest BCUT2D eigenvalue weighted by Gasteiger charge is 2.33. The lowest BCUT2D eigenvalue weighted by molar-refractivity contribution is -0.143.